The number of anilines is 1. The van der Waals surface area contributed by atoms with E-state index >= 15 is 0 Å². The number of halogens is 4. The fourth-order valence-electron chi connectivity index (χ4n) is 3.34. The lowest BCUT2D eigenvalue weighted by Gasteiger charge is -2.16. The number of nitrogen functional groups attached to an aromatic ring is 1. The van der Waals surface area contributed by atoms with Gasteiger partial charge in [0.15, 0.2) is 0 Å². The molecule has 0 aliphatic heterocycles. The molecular weight excluding hydrogens is 470 g/mol. The van der Waals surface area contributed by atoms with Crippen LogP contribution in [0.4, 0.5) is 23.4 Å². The van der Waals surface area contributed by atoms with Gasteiger partial charge in [-0.1, -0.05) is 31.2 Å². The highest BCUT2D eigenvalue weighted by molar-refractivity contribution is 6.03. The van der Waals surface area contributed by atoms with Gasteiger partial charge in [-0.25, -0.2) is 9.07 Å². The number of rotatable bonds is 8. The molecule has 12 heteroatoms. The van der Waals surface area contributed by atoms with Crippen LogP contribution in [0.3, 0.4) is 0 Å². The summed E-state index contributed by atoms with van der Waals surface area (Å²) in [6, 6.07) is 9.95. The molecule has 0 aliphatic carbocycles. The largest absolute Gasteiger partial charge is 0.496 e. The van der Waals surface area contributed by atoms with E-state index in [9.17, 15) is 27.2 Å². The number of alkyl halides is 3. The highest BCUT2D eigenvalue weighted by Gasteiger charge is 2.37. The average molecular weight is 493 g/mol. The number of aromatic nitrogens is 2. The zero-order valence-corrected chi connectivity index (χ0v) is 18.8. The van der Waals surface area contributed by atoms with Crippen LogP contribution in [0, 0.1) is 11.7 Å². The van der Waals surface area contributed by atoms with Crippen molar-refractivity contribution in [3.8, 4) is 17.0 Å². The van der Waals surface area contributed by atoms with E-state index in [1.807, 2.05) is 0 Å². The summed E-state index contributed by atoms with van der Waals surface area (Å²) in [6.45, 7) is 0.484. The zero-order valence-electron chi connectivity index (χ0n) is 18.8. The summed E-state index contributed by atoms with van der Waals surface area (Å²) in [4.78, 5) is 24.4. The number of ether oxygens (including phenoxy) is 1. The first kappa shape index (κ1) is 25.5. The number of carbonyl (C=O) groups excluding carboxylic acids is 2. The van der Waals surface area contributed by atoms with Crippen LogP contribution in [0.2, 0.25) is 0 Å². The molecule has 35 heavy (non-hydrogen) atoms. The van der Waals surface area contributed by atoms with Gasteiger partial charge in [0, 0.05) is 12.1 Å². The molecule has 1 aromatic heterocycles. The predicted octanol–water partition coefficient (Wildman–Crippen LogP) is 3.51. The van der Waals surface area contributed by atoms with Crippen LogP contribution in [-0.2, 0) is 13.1 Å². The van der Waals surface area contributed by atoms with E-state index in [-0.39, 0.29) is 34.9 Å². The molecule has 186 valence electrons. The Morgan fingerprint density at radius 1 is 1.17 bits per heavy atom. The topological polar surface area (TPSA) is 125 Å². The van der Waals surface area contributed by atoms with E-state index in [0.29, 0.717) is 11.1 Å². The van der Waals surface area contributed by atoms with Gasteiger partial charge >= 0.3 is 6.18 Å². The third-order valence-corrected chi connectivity index (χ3v) is 5.33. The molecule has 0 radical (unpaired) electrons. The number of nitrogens with one attached hydrogen (secondary N) is 1. The van der Waals surface area contributed by atoms with Crippen LogP contribution in [0.5, 0.6) is 5.75 Å². The fraction of sp³-hybridized carbons (Fsp3) is 0.261. The lowest BCUT2D eigenvalue weighted by atomic mass is 10.0. The van der Waals surface area contributed by atoms with Crippen molar-refractivity contribution < 1.29 is 31.9 Å². The molecule has 3 rings (SSSR count). The van der Waals surface area contributed by atoms with Gasteiger partial charge in [0.2, 0.25) is 0 Å². The summed E-state index contributed by atoms with van der Waals surface area (Å²) in [5.74, 6) is -3.86. The second-order valence-electron chi connectivity index (χ2n) is 7.82. The molecule has 0 fully saturated rings. The Balaban J connectivity index is 1.80. The monoisotopic (exact) mass is 493 g/mol. The van der Waals surface area contributed by atoms with Crippen molar-refractivity contribution >= 4 is 17.6 Å². The second-order valence-corrected chi connectivity index (χ2v) is 7.82. The molecule has 1 atom stereocenters. The van der Waals surface area contributed by atoms with Crippen LogP contribution in [-0.4, -0.2) is 34.9 Å². The van der Waals surface area contributed by atoms with Crippen molar-refractivity contribution in [2.24, 2.45) is 11.7 Å². The molecule has 1 heterocycles. The number of amides is 2. The van der Waals surface area contributed by atoms with E-state index in [1.54, 1.807) is 24.3 Å². The highest BCUT2D eigenvalue weighted by Crippen LogP contribution is 2.31. The zero-order chi connectivity index (χ0) is 25.9. The summed E-state index contributed by atoms with van der Waals surface area (Å²) in [6.07, 6.45) is -4.47. The summed E-state index contributed by atoms with van der Waals surface area (Å²) >= 11 is 0. The molecular formula is C23H23F4N5O3. The van der Waals surface area contributed by atoms with Gasteiger partial charge < -0.3 is 21.5 Å². The third kappa shape index (κ3) is 5.70. The Kier molecular flexibility index (Phi) is 7.32. The lowest BCUT2D eigenvalue weighted by molar-refractivity contribution is -0.173. The number of primary amides is 1. The molecule has 2 amide bonds. The maximum atomic E-state index is 13.5. The molecule has 8 nitrogen and oxygen atoms in total. The van der Waals surface area contributed by atoms with Crippen LogP contribution < -0.4 is 21.5 Å². The van der Waals surface area contributed by atoms with Crippen molar-refractivity contribution in [3.63, 3.8) is 0 Å². The van der Waals surface area contributed by atoms with Gasteiger partial charge in [0.05, 0.1) is 25.1 Å². The number of carbonyl (C=O) groups is 2. The lowest BCUT2D eigenvalue weighted by Crippen LogP contribution is -2.26. The number of nitrogens with zero attached hydrogens (tertiary/aromatic N) is 2. The van der Waals surface area contributed by atoms with E-state index in [2.05, 4.69) is 10.4 Å². The maximum Gasteiger partial charge on any atom is 0.393 e. The molecule has 0 saturated carbocycles. The van der Waals surface area contributed by atoms with E-state index in [4.69, 9.17) is 16.2 Å². The molecule has 2 aromatic carbocycles. The van der Waals surface area contributed by atoms with Crippen molar-refractivity contribution in [1.82, 2.24) is 15.1 Å². The smallest absolute Gasteiger partial charge is 0.393 e. The van der Waals surface area contributed by atoms with Crippen molar-refractivity contribution in [3.05, 3.63) is 65.0 Å². The number of hydrogen-bond acceptors (Lipinski definition) is 5. The second kappa shape index (κ2) is 10.0. The van der Waals surface area contributed by atoms with Crippen LogP contribution in [0.15, 0.2) is 42.5 Å². The quantitative estimate of drug-likeness (QED) is 0.414. The molecule has 0 spiro atoms. The number of benzene rings is 2. The molecule has 0 bridgehead atoms. The van der Waals surface area contributed by atoms with Gasteiger partial charge in [-0.05, 0) is 23.8 Å². The van der Waals surface area contributed by atoms with Crippen molar-refractivity contribution in [2.75, 3.05) is 12.8 Å². The number of hydrogen-bond donors (Lipinski definition) is 3. The molecule has 0 aliphatic rings. The predicted molar refractivity (Wildman–Crippen MR) is 120 cm³/mol. The van der Waals surface area contributed by atoms with E-state index in [0.717, 1.165) is 17.7 Å². The fourth-order valence-corrected chi connectivity index (χ4v) is 3.34. The molecule has 0 saturated heterocycles. The van der Waals surface area contributed by atoms with E-state index < -0.39 is 36.3 Å². The Labute approximate surface area is 197 Å². The van der Waals surface area contributed by atoms with Crippen LogP contribution in [0.25, 0.3) is 11.3 Å². The first-order chi connectivity index (χ1) is 16.4. The van der Waals surface area contributed by atoms with E-state index in [1.165, 1.54) is 19.2 Å². The molecule has 3 aromatic rings. The molecule has 1 unspecified atom stereocenters. The number of nitrogens with two attached hydrogens (primary N) is 2. The van der Waals surface area contributed by atoms with Gasteiger partial charge in [0.1, 0.15) is 28.6 Å². The van der Waals surface area contributed by atoms with Gasteiger partial charge in [-0.15, -0.1) is 0 Å². The standard InChI is InChI=1S/C23H23F4N5O3/c1-12(23(25,26)27)11-32-20(28)18(21(29)33)19(31-32)14-5-3-13(4-6-14)10-30-22(34)16-9-15(24)7-8-17(16)35-2/h3-9,12H,10-11,28H2,1-2H3,(H2,29,33)(H,30,34). The van der Waals surface area contributed by atoms with Crippen LogP contribution >= 0.6 is 0 Å². The van der Waals surface area contributed by atoms with Gasteiger partial charge in [-0.3, -0.25) is 9.59 Å². The Hall–Kier alpha value is -4.09. The third-order valence-electron chi connectivity index (χ3n) is 5.33. The normalized spacial score (nSPS) is 12.3. The Morgan fingerprint density at radius 2 is 1.83 bits per heavy atom. The molecule has 5 N–H and O–H groups in total. The van der Waals surface area contributed by atoms with Gasteiger partial charge in [-0.2, -0.15) is 18.3 Å². The highest BCUT2D eigenvalue weighted by atomic mass is 19.4. The maximum absolute atomic E-state index is 13.5. The Bertz CT molecular complexity index is 1240. The minimum atomic E-state index is -4.47. The Morgan fingerprint density at radius 3 is 2.40 bits per heavy atom. The van der Waals surface area contributed by atoms with Crippen molar-refractivity contribution in [1.29, 1.82) is 0 Å². The summed E-state index contributed by atoms with van der Waals surface area (Å²) < 4.78 is 58.4. The SMILES string of the molecule is COc1ccc(F)cc1C(=O)NCc1ccc(-c2nn(CC(C)C(F)(F)F)c(N)c2C(N)=O)cc1. The first-order valence-electron chi connectivity index (χ1n) is 10.4. The minimum absolute atomic E-state index is 0.0318. The first-order valence-corrected chi connectivity index (χ1v) is 10.4. The minimum Gasteiger partial charge on any atom is -0.496 e. The number of methoxy groups -OCH3 is 1. The van der Waals surface area contributed by atoms with Crippen molar-refractivity contribution in [2.45, 2.75) is 26.2 Å². The summed E-state index contributed by atoms with van der Waals surface area (Å²) in [7, 11) is 1.36. The summed E-state index contributed by atoms with van der Waals surface area (Å²) in [5, 5.41) is 6.75. The average Bonchev–Trinajstić information content (AvgIpc) is 3.13. The summed E-state index contributed by atoms with van der Waals surface area (Å²) in [5.41, 5.74) is 12.2. The van der Waals surface area contributed by atoms with Crippen LogP contribution in [0.1, 0.15) is 33.2 Å². The van der Waals surface area contributed by atoms with Gasteiger partial charge in [0.25, 0.3) is 11.8 Å².